The molecule has 0 aliphatic carbocycles. The van der Waals surface area contributed by atoms with E-state index < -0.39 is 0 Å². The fraction of sp³-hybridized carbons (Fsp3) is 0.179. The van der Waals surface area contributed by atoms with E-state index in [0.29, 0.717) is 0 Å². The van der Waals surface area contributed by atoms with Gasteiger partial charge in [0.05, 0.1) is 22.9 Å². The Bertz CT molecular complexity index is 1510. The average molecular weight is 448 g/mol. The number of nitrogens with zero attached hydrogens (tertiary/aromatic N) is 3. The van der Waals surface area contributed by atoms with Gasteiger partial charge in [0.1, 0.15) is 0 Å². The number of nitrogens with one attached hydrogen (secondary N) is 2. The van der Waals surface area contributed by atoms with Crippen molar-refractivity contribution in [3.05, 3.63) is 102 Å². The molecule has 1 atom stereocenters. The molecule has 0 radical (unpaired) electrons. The Kier molecular flexibility index (Phi) is 5.08. The largest absolute Gasteiger partial charge is 0.357 e. The highest BCUT2D eigenvalue weighted by atomic mass is 16.1. The number of carbonyl (C=O) groups is 1. The predicted molar refractivity (Wildman–Crippen MR) is 135 cm³/mol. The van der Waals surface area contributed by atoms with E-state index in [1.807, 2.05) is 30.5 Å². The SMILES string of the molecule is CC(=O)Nc1ccc2nc(CN3CCc4c([nH]c5ccccc45)C3c3ccccn3)ccc2c1. The van der Waals surface area contributed by atoms with Crippen molar-refractivity contribution in [1.29, 1.82) is 0 Å². The van der Waals surface area contributed by atoms with Crippen LogP contribution in [-0.2, 0) is 17.8 Å². The normalized spacial score (nSPS) is 16.0. The number of rotatable bonds is 4. The summed E-state index contributed by atoms with van der Waals surface area (Å²) < 4.78 is 0. The molecule has 6 nitrogen and oxygen atoms in total. The number of pyridine rings is 2. The molecule has 2 aromatic carbocycles. The maximum atomic E-state index is 11.4. The third-order valence-electron chi connectivity index (χ3n) is 6.53. The van der Waals surface area contributed by atoms with Gasteiger partial charge >= 0.3 is 0 Å². The van der Waals surface area contributed by atoms with Crippen LogP contribution in [0.25, 0.3) is 21.8 Å². The zero-order valence-corrected chi connectivity index (χ0v) is 19.0. The molecule has 5 aromatic rings. The first-order chi connectivity index (χ1) is 16.7. The summed E-state index contributed by atoms with van der Waals surface area (Å²) >= 11 is 0. The van der Waals surface area contributed by atoms with E-state index in [1.54, 1.807) is 0 Å². The second-order valence-corrected chi connectivity index (χ2v) is 8.83. The fourth-order valence-electron chi connectivity index (χ4n) is 5.08. The number of hydrogen-bond donors (Lipinski definition) is 2. The van der Waals surface area contributed by atoms with Crippen LogP contribution >= 0.6 is 0 Å². The highest BCUT2D eigenvalue weighted by molar-refractivity contribution is 5.92. The van der Waals surface area contributed by atoms with E-state index in [2.05, 4.69) is 63.7 Å². The summed E-state index contributed by atoms with van der Waals surface area (Å²) in [5, 5.41) is 5.15. The Morgan fingerprint density at radius 1 is 1.09 bits per heavy atom. The zero-order valence-electron chi connectivity index (χ0n) is 19.0. The van der Waals surface area contributed by atoms with E-state index >= 15 is 0 Å². The summed E-state index contributed by atoms with van der Waals surface area (Å²) in [6.07, 6.45) is 2.85. The lowest BCUT2D eigenvalue weighted by molar-refractivity contribution is -0.114. The molecule has 6 rings (SSSR count). The Hall–Kier alpha value is -4.03. The topological polar surface area (TPSA) is 73.9 Å². The lowest BCUT2D eigenvalue weighted by atomic mass is 9.94. The minimum absolute atomic E-state index is 0.0389. The van der Waals surface area contributed by atoms with Crippen molar-refractivity contribution in [3.8, 4) is 0 Å². The van der Waals surface area contributed by atoms with E-state index in [1.165, 1.54) is 29.1 Å². The van der Waals surface area contributed by atoms with Gasteiger partial charge in [-0.25, -0.2) is 0 Å². The quantitative estimate of drug-likeness (QED) is 0.396. The van der Waals surface area contributed by atoms with Gasteiger partial charge in [-0.15, -0.1) is 0 Å². The molecule has 168 valence electrons. The second kappa shape index (κ2) is 8.39. The molecule has 1 aliphatic rings. The lowest BCUT2D eigenvalue weighted by Crippen LogP contribution is -2.36. The number of H-pyrrole nitrogens is 1. The molecule has 0 fully saturated rings. The first kappa shape index (κ1) is 20.6. The van der Waals surface area contributed by atoms with Gasteiger partial charge in [-0.1, -0.05) is 30.3 Å². The second-order valence-electron chi connectivity index (χ2n) is 8.83. The molecule has 1 amide bonds. The maximum absolute atomic E-state index is 11.4. The van der Waals surface area contributed by atoms with Crippen molar-refractivity contribution in [1.82, 2.24) is 19.9 Å². The summed E-state index contributed by atoms with van der Waals surface area (Å²) in [6, 6.07) is 24.7. The number of benzene rings is 2. The van der Waals surface area contributed by atoms with Gasteiger partial charge in [0, 0.05) is 53.9 Å². The fourth-order valence-corrected chi connectivity index (χ4v) is 5.08. The number of aromatic nitrogens is 3. The molecule has 0 saturated heterocycles. The molecule has 4 heterocycles. The van der Waals surface area contributed by atoms with Crippen LogP contribution in [0.1, 0.15) is 35.6 Å². The molecule has 0 spiro atoms. The first-order valence-electron chi connectivity index (χ1n) is 11.6. The Labute approximate surface area is 197 Å². The number of carbonyl (C=O) groups excluding carboxylic acids is 1. The highest BCUT2D eigenvalue weighted by Gasteiger charge is 2.32. The lowest BCUT2D eigenvalue weighted by Gasteiger charge is -2.35. The van der Waals surface area contributed by atoms with Crippen LogP contribution in [-0.4, -0.2) is 32.3 Å². The average Bonchev–Trinajstić information content (AvgIpc) is 3.23. The van der Waals surface area contributed by atoms with Gasteiger partial charge in [0.2, 0.25) is 5.91 Å². The van der Waals surface area contributed by atoms with Crippen molar-refractivity contribution >= 4 is 33.4 Å². The van der Waals surface area contributed by atoms with Crippen LogP contribution in [0.5, 0.6) is 0 Å². The number of para-hydroxylation sites is 1. The van der Waals surface area contributed by atoms with Gasteiger partial charge in [0.15, 0.2) is 0 Å². The number of aromatic amines is 1. The van der Waals surface area contributed by atoms with Crippen LogP contribution in [0, 0.1) is 0 Å². The summed E-state index contributed by atoms with van der Waals surface area (Å²) in [4.78, 5) is 27.2. The third-order valence-corrected chi connectivity index (χ3v) is 6.53. The zero-order chi connectivity index (χ0) is 23.1. The van der Waals surface area contributed by atoms with Gasteiger partial charge in [-0.3, -0.25) is 19.7 Å². The number of hydrogen-bond acceptors (Lipinski definition) is 4. The summed E-state index contributed by atoms with van der Waals surface area (Å²) in [5.74, 6) is -0.0778. The Morgan fingerprint density at radius 3 is 2.82 bits per heavy atom. The Balaban J connectivity index is 1.36. The van der Waals surface area contributed by atoms with Gasteiger partial charge in [-0.2, -0.15) is 0 Å². The number of amides is 1. The molecule has 3 aromatic heterocycles. The molecule has 2 N–H and O–H groups in total. The summed E-state index contributed by atoms with van der Waals surface area (Å²) in [6.45, 7) is 3.16. The monoisotopic (exact) mass is 447 g/mol. The molecule has 34 heavy (non-hydrogen) atoms. The van der Waals surface area contributed by atoms with Crippen molar-refractivity contribution < 1.29 is 4.79 Å². The maximum Gasteiger partial charge on any atom is 0.221 e. The van der Waals surface area contributed by atoms with Gasteiger partial charge in [0.25, 0.3) is 0 Å². The van der Waals surface area contributed by atoms with E-state index in [0.717, 1.165) is 47.5 Å². The van der Waals surface area contributed by atoms with Crippen LogP contribution in [0.4, 0.5) is 5.69 Å². The standard InChI is InChI=1S/C28H25N5O/c1-18(34)30-20-11-12-24-19(16-20)9-10-21(31-24)17-33-15-13-23-22-6-2-3-7-25(22)32-27(23)28(33)26-8-4-5-14-29-26/h2-12,14,16,28,32H,13,15,17H2,1H3,(H,30,34). The molecule has 0 bridgehead atoms. The molecular weight excluding hydrogens is 422 g/mol. The molecule has 6 heteroatoms. The summed E-state index contributed by atoms with van der Waals surface area (Å²) in [5.41, 5.74) is 7.55. The van der Waals surface area contributed by atoms with Crippen molar-refractivity contribution in [2.24, 2.45) is 0 Å². The molecule has 1 unspecified atom stereocenters. The number of fused-ring (bicyclic) bond motifs is 4. The molecular formula is C28H25N5O. The number of anilines is 1. The first-order valence-corrected chi connectivity index (χ1v) is 11.6. The predicted octanol–water partition coefficient (Wildman–Crippen LogP) is 5.22. The van der Waals surface area contributed by atoms with Crippen LogP contribution in [0.15, 0.2) is 79.0 Å². The molecule has 1 aliphatic heterocycles. The highest BCUT2D eigenvalue weighted by Crippen LogP contribution is 2.38. The van der Waals surface area contributed by atoms with E-state index in [9.17, 15) is 4.79 Å². The van der Waals surface area contributed by atoms with E-state index in [-0.39, 0.29) is 11.9 Å². The van der Waals surface area contributed by atoms with Crippen molar-refractivity contribution in [2.45, 2.75) is 25.9 Å². The summed E-state index contributed by atoms with van der Waals surface area (Å²) in [7, 11) is 0. The minimum Gasteiger partial charge on any atom is -0.357 e. The van der Waals surface area contributed by atoms with Gasteiger partial charge < -0.3 is 10.3 Å². The Morgan fingerprint density at radius 2 is 1.97 bits per heavy atom. The van der Waals surface area contributed by atoms with Crippen LogP contribution < -0.4 is 5.32 Å². The third kappa shape index (κ3) is 3.72. The van der Waals surface area contributed by atoms with E-state index in [4.69, 9.17) is 9.97 Å². The minimum atomic E-state index is -0.0778. The smallest absolute Gasteiger partial charge is 0.221 e. The molecule has 0 saturated carbocycles. The van der Waals surface area contributed by atoms with Crippen LogP contribution in [0.3, 0.4) is 0 Å². The van der Waals surface area contributed by atoms with Crippen molar-refractivity contribution in [3.63, 3.8) is 0 Å². The van der Waals surface area contributed by atoms with Gasteiger partial charge in [-0.05, 0) is 54.4 Å². The van der Waals surface area contributed by atoms with Crippen LogP contribution in [0.2, 0.25) is 0 Å². The van der Waals surface area contributed by atoms with Crippen molar-refractivity contribution in [2.75, 3.05) is 11.9 Å².